The van der Waals surface area contributed by atoms with E-state index >= 15 is 0 Å². The molecule has 10 aromatic rings. The van der Waals surface area contributed by atoms with Crippen molar-refractivity contribution in [1.29, 1.82) is 0 Å². The van der Waals surface area contributed by atoms with E-state index in [0.717, 1.165) is 90.0 Å². The number of aryl methyl sites for hydroxylation is 1. The third-order valence-corrected chi connectivity index (χ3v) is 13.3. The molecule has 0 N–H and O–H groups in total. The van der Waals surface area contributed by atoms with Crippen molar-refractivity contribution >= 4 is 46.2 Å². The molecule has 0 aliphatic heterocycles. The van der Waals surface area contributed by atoms with Crippen LogP contribution in [0.4, 0.5) is 0 Å². The molecule has 0 amide bonds. The zero-order valence-corrected chi connectivity index (χ0v) is 39.4. The monoisotopic (exact) mass is 1000 g/mol. The molecular weight excluding hydrogens is 951 g/mol. The van der Waals surface area contributed by atoms with Gasteiger partial charge in [-0.15, -0.1) is 53.6 Å². The molecule has 10 rings (SSSR count). The van der Waals surface area contributed by atoms with Crippen molar-refractivity contribution in [2.75, 3.05) is 0 Å². The Labute approximate surface area is 379 Å². The molecule has 62 heavy (non-hydrogen) atoms. The molecule has 0 spiro atoms. The summed E-state index contributed by atoms with van der Waals surface area (Å²) in [5.74, 6) is 1.46. The largest absolute Gasteiger partial charge is 0.501 e. The molecule has 3 heterocycles. The minimum Gasteiger partial charge on any atom is -0.501 e. The Morgan fingerprint density at radius 3 is 2.02 bits per heavy atom. The molecule has 0 unspecified atom stereocenters. The number of fused-ring (bicyclic) bond motifs is 4. The van der Waals surface area contributed by atoms with Crippen LogP contribution >= 0.6 is 0 Å². The molecule has 0 aliphatic carbocycles. The Morgan fingerprint density at radius 2 is 1.35 bits per heavy atom. The second-order valence-electron chi connectivity index (χ2n) is 17.2. The van der Waals surface area contributed by atoms with Crippen molar-refractivity contribution in [3.63, 3.8) is 0 Å². The summed E-state index contributed by atoms with van der Waals surface area (Å²) in [6.45, 7) is 13.8. The Bertz CT molecular complexity index is 3070. The maximum absolute atomic E-state index is 6.47. The number of hydrogen-bond donors (Lipinski definition) is 0. The van der Waals surface area contributed by atoms with Gasteiger partial charge in [0.15, 0.2) is 0 Å². The van der Waals surface area contributed by atoms with E-state index in [4.69, 9.17) is 14.4 Å². The molecule has 4 nitrogen and oxygen atoms in total. The van der Waals surface area contributed by atoms with Crippen molar-refractivity contribution in [2.24, 2.45) is 5.92 Å². The summed E-state index contributed by atoms with van der Waals surface area (Å²) in [7, 11) is -1.35. The zero-order valence-electron chi connectivity index (χ0n) is 36.0. The van der Waals surface area contributed by atoms with Crippen LogP contribution < -0.4 is 5.19 Å². The minimum absolute atomic E-state index is 0. The zero-order chi connectivity index (χ0) is 42.1. The molecule has 0 aliphatic rings. The van der Waals surface area contributed by atoms with Crippen molar-refractivity contribution in [3.05, 3.63) is 193 Å². The van der Waals surface area contributed by atoms with Gasteiger partial charge in [-0.25, -0.2) is 0 Å². The van der Waals surface area contributed by atoms with Crippen LogP contribution in [0.1, 0.15) is 25.0 Å². The third-order valence-electron chi connectivity index (χ3n) is 11.2. The summed E-state index contributed by atoms with van der Waals surface area (Å²) < 4.78 is 8.76. The van der Waals surface area contributed by atoms with Crippen LogP contribution in [0, 0.1) is 25.0 Å². The number of benzene rings is 7. The van der Waals surface area contributed by atoms with Crippen LogP contribution in [0.5, 0.6) is 0 Å². The fourth-order valence-electron chi connectivity index (χ4n) is 8.35. The van der Waals surface area contributed by atoms with Crippen LogP contribution in [0.25, 0.3) is 83.6 Å². The van der Waals surface area contributed by atoms with Gasteiger partial charge in [-0.05, 0) is 52.5 Å². The molecule has 3 aromatic heterocycles. The number of rotatable bonds is 8. The van der Waals surface area contributed by atoms with Crippen LogP contribution in [-0.2, 0) is 26.5 Å². The van der Waals surface area contributed by atoms with Crippen LogP contribution in [0.15, 0.2) is 174 Å². The van der Waals surface area contributed by atoms with E-state index in [9.17, 15) is 0 Å². The van der Waals surface area contributed by atoms with Gasteiger partial charge in [-0.1, -0.05) is 172 Å². The predicted molar refractivity (Wildman–Crippen MR) is 258 cm³/mol. The Hall–Kier alpha value is -6.17. The second kappa shape index (κ2) is 18.0. The number of furan rings is 1. The molecule has 0 bridgehead atoms. The Kier molecular flexibility index (Phi) is 12.4. The van der Waals surface area contributed by atoms with Crippen LogP contribution in [0.2, 0.25) is 19.6 Å². The summed E-state index contributed by atoms with van der Waals surface area (Å²) in [6.07, 6.45) is 3.24. The first-order chi connectivity index (χ1) is 29.6. The first-order valence-corrected chi connectivity index (χ1v) is 24.7. The van der Waals surface area contributed by atoms with Crippen molar-refractivity contribution in [2.45, 2.75) is 46.8 Å². The van der Waals surface area contributed by atoms with Gasteiger partial charge in [0.1, 0.15) is 5.58 Å². The maximum atomic E-state index is 6.47. The average Bonchev–Trinajstić information content (AvgIpc) is 3.85. The van der Waals surface area contributed by atoms with Gasteiger partial charge in [0.2, 0.25) is 0 Å². The number of imidazole rings is 1. The van der Waals surface area contributed by atoms with E-state index in [1.54, 1.807) is 0 Å². The van der Waals surface area contributed by atoms with Gasteiger partial charge < -0.3 is 14.0 Å². The van der Waals surface area contributed by atoms with Gasteiger partial charge >= 0.3 is 0 Å². The molecule has 7 aromatic carbocycles. The van der Waals surface area contributed by atoms with E-state index in [1.807, 2.05) is 36.4 Å². The van der Waals surface area contributed by atoms with E-state index < -0.39 is 8.07 Å². The van der Waals surface area contributed by atoms with Crippen molar-refractivity contribution in [3.8, 4) is 50.6 Å². The summed E-state index contributed by atoms with van der Waals surface area (Å²) in [5, 5.41) is 3.64. The molecule has 309 valence electrons. The quantitative estimate of drug-likeness (QED) is 0.113. The predicted octanol–water partition coefficient (Wildman–Crippen LogP) is 14.3. The molecule has 0 atom stereocenters. The third kappa shape index (κ3) is 8.51. The number of hydrogen-bond acceptors (Lipinski definition) is 3. The number of pyridine rings is 1. The summed E-state index contributed by atoms with van der Waals surface area (Å²) in [4.78, 5) is 9.94. The van der Waals surface area contributed by atoms with Gasteiger partial charge in [-0.3, -0.25) is 4.98 Å². The molecule has 0 fully saturated rings. The molecule has 6 heteroatoms. The van der Waals surface area contributed by atoms with E-state index in [-0.39, 0.29) is 20.1 Å². The smallest absolute Gasteiger partial charge is 0.120 e. The standard InChI is InChI=1S/C37H23N2O.C19H26NSi.Ir/c1-3-13-25(14-4-1)27-18-11-19-28(26-15-5-2-6-16-26)35(27)39-33-23-9-8-22-32(33)38-37(39)31-21-12-20-30-29-17-7-10-24-34(29)40-36(30)31;1-14(2)11-17-12-18(16-9-7-15(3)8-10-16)20-13-19(17)21(4,5)6;/h1-20,22-24H;7-9,12-14H,11H2,1-6H3;/q2*-1;. The number of aromatic nitrogens is 3. The summed E-state index contributed by atoms with van der Waals surface area (Å²) >= 11 is 0. The first-order valence-electron chi connectivity index (χ1n) is 21.2. The number of para-hydroxylation sites is 4. The SMILES string of the molecule is Cc1c[c-]c(-c2cc(CC(C)C)c([Si](C)(C)C)cn2)cc1.[Ir].[c-]1ccc2c(oc3ccccc32)c1-c1nc2ccccc2n1-c1c(-c2ccccc2)cccc1-c1ccccc1. The van der Waals surface area contributed by atoms with E-state index in [2.05, 4.69) is 191 Å². The van der Waals surface area contributed by atoms with Gasteiger partial charge in [0.05, 0.1) is 36.2 Å². The maximum Gasteiger partial charge on any atom is 0.120 e. The van der Waals surface area contributed by atoms with Crippen molar-refractivity contribution < 1.29 is 24.5 Å². The van der Waals surface area contributed by atoms with Gasteiger partial charge in [0, 0.05) is 42.8 Å². The fourth-order valence-corrected chi connectivity index (χ4v) is 9.94. The van der Waals surface area contributed by atoms with Gasteiger partial charge in [0.25, 0.3) is 0 Å². The Balaban J connectivity index is 0.000000205. The normalized spacial score (nSPS) is 11.5. The Morgan fingerprint density at radius 1 is 0.694 bits per heavy atom. The topological polar surface area (TPSA) is 43.9 Å². The average molecular weight is 1000 g/mol. The summed E-state index contributed by atoms with van der Waals surface area (Å²) in [5.41, 5.74) is 14.9. The molecule has 1 radical (unpaired) electrons. The fraction of sp³-hybridized carbons (Fsp3) is 0.143. The van der Waals surface area contributed by atoms with Gasteiger partial charge in [-0.2, -0.15) is 0 Å². The second-order valence-corrected chi connectivity index (χ2v) is 22.3. The van der Waals surface area contributed by atoms with E-state index in [1.165, 1.54) is 16.3 Å². The van der Waals surface area contributed by atoms with E-state index in [0.29, 0.717) is 5.92 Å². The summed E-state index contributed by atoms with van der Waals surface area (Å²) in [6, 6.07) is 63.6. The molecular formula is C56H49IrN3OSi-2. The van der Waals surface area contributed by atoms with Crippen molar-refractivity contribution in [1.82, 2.24) is 14.5 Å². The van der Waals surface area contributed by atoms with Crippen LogP contribution in [0.3, 0.4) is 0 Å². The first kappa shape index (κ1) is 42.5. The number of nitrogens with zero attached hydrogens (tertiary/aromatic N) is 3. The minimum atomic E-state index is -1.35. The van der Waals surface area contributed by atoms with Crippen LogP contribution in [-0.4, -0.2) is 22.6 Å². The molecule has 0 saturated carbocycles. The molecule has 0 saturated heterocycles.